The highest BCUT2D eigenvalue weighted by Gasteiger charge is 2.22. The van der Waals surface area contributed by atoms with E-state index in [4.69, 9.17) is 0 Å². The molecule has 0 saturated carbocycles. The van der Waals surface area contributed by atoms with Crippen LogP contribution in [-0.4, -0.2) is 17.1 Å². The molecule has 0 spiro atoms. The van der Waals surface area contributed by atoms with Gasteiger partial charge < -0.3 is 0 Å². The minimum atomic E-state index is -0.209. The van der Waals surface area contributed by atoms with Crippen LogP contribution in [0.25, 0.3) is 10.2 Å². The molecular weight excluding hydrogens is 561 g/mol. The lowest BCUT2D eigenvalue weighted by molar-refractivity contribution is 0.0987. The van der Waals surface area contributed by atoms with E-state index in [0.717, 1.165) is 29.4 Å². The Hall–Kier alpha value is -2.10. The molecule has 0 bridgehead atoms. The van der Waals surface area contributed by atoms with E-state index < -0.39 is 0 Å². The van der Waals surface area contributed by atoms with E-state index in [0.29, 0.717) is 10.7 Å². The molecule has 4 nitrogen and oxygen atoms in total. The van der Waals surface area contributed by atoms with Gasteiger partial charge in [0.15, 0.2) is 0 Å². The number of halogens is 2. The van der Waals surface area contributed by atoms with Crippen molar-refractivity contribution in [3.8, 4) is 0 Å². The Morgan fingerprint density at radius 2 is 1.90 bits per heavy atom. The molecule has 29 heavy (non-hydrogen) atoms. The SMILES string of the molecule is Cc1ccc2nc(N(/N=C/c3ccc(Br)cc3)C(=O)c3ccccc3I)sc2c1. The first-order valence-electron chi connectivity index (χ1n) is 8.77. The predicted molar refractivity (Wildman–Crippen MR) is 132 cm³/mol. The van der Waals surface area contributed by atoms with Crippen molar-refractivity contribution in [2.24, 2.45) is 5.10 Å². The molecule has 4 rings (SSSR count). The monoisotopic (exact) mass is 575 g/mol. The van der Waals surface area contributed by atoms with Crippen molar-refractivity contribution in [3.63, 3.8) is 0 Å². The van der Waals surface area contributed by atoms with Gasteiger partial charge in [0.1, 0.15) is 0 Å². The second-order valence-electron chi connectivity index (χ2n) is 6.36. The van der Waals surface area contributed by atoms with Crippen LogP contribution in [0.3, 0.4) is 0 Å². The molecule has 0 radical (unpaired) electrons. The second-order valence-corrected chi connectivity index (χ2v) is 9.45. The molecule has 0 N–H and O–H groups in total. The van der Waals surface area contributed by atoms with Crippen LogP contribution in [0, 0.1) is 10.5 Å². The van der Waals surface area contributed by atoms with Crippen molar-refractivity contribution in [1.29, 1.82) is 0 Å². The van der Waals surface area contributed by atoms with Crippen molar-refractivity contribution >= 4 is 77.3 Å². The summed E-state index contributed by atoms with van der Waals surface area (Å²) in [4.78, 5) is 18.0. The normalized spacial score (nSPS) is 11.3. The van der Waals surface area contributed by atoms with Crippen LogP contribution in [0.4, 0.5) is 5.13 Å². The summed E-state index contributed by atoms with van der Waals surface area (Å²) in [7, 11) is 0. The van der Waals surface area contributed by atoms with E-state index in [-0.39, 0.29) is 5.91 Å². The van der Waals surface area contributed by atoms with E-state index in [1.807, 2.05) is 67.6 Å². The zero-order chi connectivity index (χ0) is 20.4. The molecular formula is C22H15BrIN3OS. The van der Waals surface area contributed by atoms with E-state index in [1.54, 1.807) is 6.21 Å². The van der Waals surface area contributed by atoms with Crippen LogP contribution >= 0.6 is 49.9 Å². The minimum Gasteiger partial charge on any atom is -0.267 e. The van der Waals surface area contributed by atoms with Gasteiger partial charge in [-0.3, -0.25) is 4.79 Å². The Morgan fingerprint density at radius 1 is 1.14 bits per heavy atom. The smallest absolute Gasteiger partial charge is 0.267 e. The average Bonchev–Trinajstić information content (AvgIpc) is 3.12. The fourth-order valence-corrected chi connectivity index (χ4v) is 4.62. The fourth-order valence-electron chi connectivity index (χ4n) is 2.72. The Labute approximate surface area is 194 Å². The van der Waals surface area contributed by atoms with Crippen molar-refractivity contribution < 1.29 is 4.79 Å². The number of aromatic nitrogens is 1. The van der Waals surface area contributed by atoms with Crippen molar-refractivity contribution in [2.45, 2.75) is 6.92 Å². The first-order chi connectivity index (χ1) is 14.0. The number of carbonyl (C=O) groups is 1. The number of fused-ring (bicyclic) bond motifs is 1. The van der Waals surface area contributed by atoms with Gasteiger partial charge in [-0.25, -0.2) is 4.98 Å². The van der Waals surface area contributed by atoms with Crippen LogP contribution in [0.15, 0.2) is 76.3 Å². The summed E-state index contributed by atoms with van der Waals surface area (Å²) in [6, 6.07) is 21.3. The Bertz CT molecular complexity index is 1220. The fraction of sp³-hybridized carbons (Fsp3) is 0.0455. The standard InChI is InChI=1S/C22H15BrIN3OS/c1-14-6-11-19-20(12-14)29-22(26-19)27(21(28)17-4-2-3-5-18(17)24)25-13-15-7-9-16(23)10-8-15/h2-13H,1H3/b25-13+. The quantitative estimate of drug-likeness (QED) is 0.155. The lowest BCUT2D eigenvalue weighted by atomic mass is 10.2. The highest BCUT2D eigenvalue weighted by molar-refractivity contribution is 14.1. The number of hydrogen-bond acceptors (Lipinski definition) is 4. The lowest BCUT2D eigenvalue weighted by Crippen LogP contribution is -2.26. The Kier molecular flexibility index (Phi) is 6.07. The van der Waals surface area contributed by atoms with Gasteiger partial charge in [-0.05, 0) is 77.0 Å². The summed E-state index contributed by atoms with van der Waals surface area (Å²) in [5.74, 6) is -0.209. The molecule has 0 saturated heterocycles. The van der Waals surface area contributed by atoms with Crippen molar-refractivity contribution in [3.05, 3.63) is 91.5 Å². The molecule has 0 aliphatic rings. The summed E-state index contributed by atoms with van der Waals surface area (Å²) >= 11 is 7.06. The summed E-state index contributed by atoms with van der Waals surface area (Å²) in [5, 5.41) is 6.45. The maximum Gasteiger partial charge on any atom is 0.281 e. The average molecular weight is 576 g/mol. The lowest BCUT2D eigenvalue weighted by Gasteiger charge is -2.14. The molecule has 4 aromatic rings. The highest BCUT2D eigenvalue weighted by atomic mass is 127. The van der Waals surface area contributed by atoms with Crippen LogP contribution in [-0.2, 0) is 0 Å². The molecule has 0 atom stereocenters. The van der Waals surface area contributed by atoms with Gasteiger partial charge in [-0.2, -0.15) is 10.1 Å². The Morgan fingerprint density at radius 3 is 2.66 bits per heavy atom. The number of nitrogens with zero attached hydrogens (tertiary/aromatic N) is 3. The number of hydrogen-bond donors (Lipinski definition) is 0. The predicted octanol–water partition coefficient (Wildman–Crippen LogP) is 6.65. The minimum absolute atomic E-state index is 0.209. The van der Waals surface area contributed by atoms with Crippen molar-refractivity contribution in [1.82, 2.24) is 4.98 Å². The molecule has 0 aliphatic heterocycles. The summed E-state index contributed by atoms with van der Waals surface area (Å²) in [6.45, 7) is 2.04. The molecule has 3 aromatic carbocycles. The summed E-state index contributed by atoms with van der Waals surface area (Å²) in [5.41, 5.74) is 3.50. The molecule has 0 fully saturated rings. The third kappa shape index (κ3) is 4.57. The zero-order valence-corrected chi connectivity index (χ0v) is 19.9. The van der Waals surface area contributed by atoms with E-state index in [2.05, 4.69) is 54.7 Å². The summed E-state index contributed by atoms with van der Waals surface area (Å²) < 4.78 is 2.89. The van der Waals surface area contributed by atoms with E-state index >= 15 is 0 Å². The first-order valence-corrected chi connectivity index (χ1v) is 11.5. The number of rotatable bonds is 4. The third-order valence-corrected chi connectivity index (χ3v) is 6.67. The van der Waals surface area contributed by atoms with Crippen LogP contribution in [0.2, 0.25) is 0 Å². The summed E-state index contributed by atoms with van der Waals surface area (Å²) in [6.07, 6.45) is 1.68. The number of benzene rings is 3. The maximum atomic E-state index is 13.4. The molecule has 144 valence electrons. The molecule has 1 aromatic heterocycles. The van der Waals surface area contributed by atoms with Gasteiger partial charge in [-0.15, -0.1) is 0 Å². The van der Waals surface area contributed by atoms with Crippen LogP contribution < -0.4 is 5.01 Å². The molecule has 0 unspecified atom stereocenters. The number of hydrazone groups is 1. The van der Waals surface area contributed by atoms with Gasteiger partial charge in [0, 0.05) is 8.04 Å². The van der Waals surface area contributed by atoms with Crippen molar-refractivity contribution in [2.75, 3.05) is 5.01 Å². The Balaban J connectivity index is 1.78. The van der Waals surface area contributed by atoms with Gasteiger partial charge in [0.2, 0.25) is 5.13 Å². The molecule has 0 aliphatic carbocycles. The van der Waals surface area contributed by atoms with Gasteiger partial charge in [0.05, 0.1) is 22.0 Å². The number of amides is 1. The highest BCUT2D eigenvalue weighted by Crippen LogP contribution is 2.31. The van der Waals surface area contributed by atoms with Gasteiger partial charge >= 0.3 is 0 Å². The molecule has 1 amide bonds. The van der Waals surface area contributed by atoms with Crippen LogP contribution in [0.1, 0.15) is 21.5 Å². The third-order valence-electron chi connectivity index (χ3n) is 4.20. The second kappa shape index (κ2) is 8.73. The van der Waals surface area contributed by atoms with E-state index in [9.17, 15) is 4.79 Å². The molecule has 1 heterocycles. The topological polar surface area (TPSA) is 45.6 Å². The number of thiazole rings is 1. The molecule has 7 heteroatoms. The first kappa shape index (κ1) is 20.2. The number of anilines is 1. The van der Waals surface area contributed by atoms with Gasteiger partial charge in [-0.1, -0.05) is 57.6 Å². The van der Waals surface area contributed by atoms with Crippen LogP contribution in [0.5, 0.6) is 0 Å². The van der Waals surface area contributed by atoms with E-state index in [1.165, 1.54) is 16.3 Å². The number of aryl methyl sites for hydroxylation is 1. The largest absolute Gasteiger partial charge is 0.281 e. The maximum absolute atomic E-state index is 13.4. The number of carbonyl (C=O) groups excluding carboxylic acids is 1. The zero-order valence-electron chi connectivity index (χ0n) is 15.3. The van der Waals surface area contributed by atoms with Gasteiger partial charge in [0.25, 0.3) is 5.91 Å².